The molecule has 1 aliphatic heterocycles. The summed E-state index contributed by atoms with van der Waals surface area (Å²) in [6, 6.07) is 10.5. The minimum absolute atomic E-state index is 0.0348. The average Bonchev–Trinajstić information content (AvgIpc) is 3.18. The summed E-state index contributed by atoms with van der Waals surface area (Å²) in [5.41, 5.74) is 0.124. The van der Waals surface area contributed by atoms with Crippen molar-refractivity contribution in [2.45, 2.75) is 17.7 Å². The Morgan fingerprint density at radius 2 is 1.73 bits per heavy atom. The van der Waals surface area contributed by atoms with Crippen LogP contribution in [0.25, 0.3) is 0 Å². The van der Waals surface area contributed by atoms with Crippen molar-refractivity contribution in [3.8, 4) is 11.5 Å². The van der Waals surface area contributed by atoms with Gasteiger partial charge in [0.05, 0.1) is 12.7 Å². The van der Waals surface area contributed by atoms with Crippen molar-refractivity contribution in [1.29, 1.82) is 0 Å². The van der Waals surface area contributed by atoms with Crippen molar-refractivity contribution < 1.29 is 22.7 Å². The van der Waals surface area contributed by atoms with Crippen molar-refractivity contribution in [3.05, 3.63) is 53.1 Å². The van der Waals surface area contributed by atoms with Crippen molar-refractivity contribution >= 4 is 27.6 Å². The molecule has 1 heterocycles. The van der Waals surface area contributed by atoms with Crippen LogP contribution in [0.15, 0.2) is 47.4 Å². The molecule has 0 spiro atoms. The molecule has 2 aromatic carbocycles. The highest BCUT2D eigenvalue weighted by atomic mass is 35.5. The molecule has 0 saturated carbocycles. The topological polar surface area (TPSA) is 72.9 Å². The highest BCUT2D eigenvalue weighted by Gasteiger charge is 2.30. The number of esters is 1. The molecule has 6 nitrogen and oxygen atoms in total. The summed E-state index contributed by atoms with van der Waals surface area (Å²) in [6.45, 7) is 0.926. The summed E-state index contributed by atoms with van der Waals surface area (Å²) in [4.78, 5) is 12.4. The van der Waals surface area contributed by atoms with E-state index in [1.807, 2.05) is 0 Å². The maximum atomic E-state index is 12.9. The summed E-state index contributed by atoms with van der Waals surface area (Å²) >= 11 is 5.81. The van der Waals surface area contributed by atoms with Crippen molar-refractivity contribution in [3.63, 3.8) is 0 Å². The smallest absolute Gasteiger partial charge is 0.343 e. The van der Waals surface area contributed by atoms with E-state index in [0.717, 1.165) is 12.8 Å². The van der Waals surface area contributed by atoms with Gasteiger partial charge in [-0.15, -0.1) is 0 Å². The Bertz CT molecular complexity index is 906. The molecule has 0 aliphatic carbocycles. The van der Waals surface area contributed by atoms with Gasteiger partial charge in [-0.2, -0.15) is 4.31 Å². The van der Waals surface area contributed by atoms with Gasteiger partial charge in [-0.3, -0.25) is 0 Å². The first-order chi connectivity index (χ1) is 12.4. The maximum Gasteiger partial charge on any atom is 0.343 e. The highest BCUT2D eigenvalue weighted by Crippen LogP contribution is 2.30. The zero-order valence-corrected chi connectivity index (χ0v) is 15.7. The van der Waals surface area contributed by atoms with E-state index in [-0.39, 0.29) is 16.2 Å². The molecule has 0 unspecified atom stereocenters. The van der Waals surface area contributed by atoms with Gasteiger partial charge >= 0.3 is 5.97 Å². The van der Waals surface area contributed by atoms with E-state index in [2.05, 4.69) is 0 Å². The number of sulfonamides is 1. The predicted octanol–water partition coefficient (Wildman–Crippen LogP) is 3.35. The minimum Gasteiger partial charge on any atom is -0.495 e. The van der Waals surface area contributed by atoms with E-state index in [0.29, 0.717) is 23.9 Å². The zero-order valence-electron chi connectivity index (χ0n) is 14.1. The van der Waals surface area contributed by atoms with Crippen molar-refractivity contribution in [2.24, 2.45) is 0 Å². The first kappa shape index (κ1) is 18.7. The van der Waals surface area contributed by atoms with E-state index < -0.39 is 16.0 Å². The van der Waals surface area contributed by atoms with E-state index in [4.69, 9.17) is 21.1 Å². The number of nitrogens with zero attached hydrogens (tertiary/aromatic N) is 1. The van der Waals surface area contributed by atoms with Crippen LogP contribution >= 0.6 is 11.6 Å². The van der Waals surface area contributed by atoms with Crippen LogP contribution in [0, 0.1) is 0 Å². The molecule has 0 bridgehead atoms. The Hall–Kier alpha value is -2.09. The number of ether oxygens (including phenoxy) is 2. The van der Waals surface area contributed by atoms with Crippen LogP contribution in [-0.4, -0.2) is 38.9 Å². The molecule has 138 valence electrons. The molecule has 1 fully saturated rings. The number of carbonyl (C=O) groups is 1. The number of rotatable bonds is 5. The number of hydrogen-bond donors (Lipinski definition) is 0. The van der Waals surface area contributed by atoms with Crippen LogP contribution in [0.1, 0.15) is 23.2 Å². The fraction of sp³-hybridized carbons (Fsp3) is 0.278. The number of halogens is 1. The van der Waals surface area contributed by atoms with Gasteiger partial charge in [-0.05, 0) is 55.3 Å². The quantitative estimate of drug-likeness (QED) is 0.573. The predicted molar refractivity (Wildman–Crippen MR) is 97.4 cm³/mol. The third kappa shape index (κ3) is 3.85. The van der Waals surface area contributed by atoms with Gasteiger partial charge in [0.2, 0.25) is 10.0 Å². The van der Waals surface area contributed by atoms with E-state index in [9.17, 15) is 13.2 Å². The van der Waals surface area contributed by atoms with Crippen molar-refractivity contribution in [1.82, 2.24) is 4.31 Å². The molecule has 3 rings (SSSR count). The summed E-state index contributed by atoms with van der Waals surface area (Å²) in [6.07, 6.45) is 1.64. The number of carbonyl (C=O) groups excluding carboxylic acids is 1. The zero-order chi connectivity index (χ0) is 18.7. The van der Waals surface area contributed by atoms with Gasteiger partial charge in [0.25, 0.3) is 0 Å². The standard InChI is InChI=1S/C18H18ClNO5S/c1-24-16-9-4-13(18(21)25-15-7-5-14(19)6-8-15)12-17(16)26(22,23)20-10-2-3-11-20/h4-9,12H,2-3,10-11H2,1H3. The second kappa shape index (κ2) is 7.65. The van der Waals surface area contributed by atoms with Gasteiger partial charge in [-0.25, -0.2) is 13.2 Å². The third-order valence-electron chi connectivity index (χ3n) is 4.11. The Morgan fingerprint density at radius 1 is 1.08 bits per heavy atom. The molecule has 0 N–H and O–H groups in total. The lowest BCUT2D eigenvalue weighted by Crippen LogP contribution is -2.28. The molecule has 1 aliphatic rings. The molecule has 26 heavy (non-hydrogen) atoms. The molecule has 0 amide bonds. The molecule has 0 atom stereocenters. The lowest BCUT2D eigenvalue weighted by atomic mass is 10.2. The number of benzene rings is 2. The Balaban J connectivity index is 1.91. The number of hydrogen-bond acceptors (Lipinski definition) is 5. The van der Waals surface area contributed by atoms with E-state index in [1.54, 1.807) is 24.3 Å². The summed E-state index contributed by atoms with van der Waals surface area (Å²) in [5.74, 6) is -0.146. The Labute approximate surface area is 157 Å². The molecular weight excluding hydrogens is 378 g/mol. The van der Waals surface area contributed by atoms with E-state index in [1.165, 1.54) is 29.6 Å². The van der Waals surface area contributed by atoms with Gasteiger partial charge < -0.3 is 9.47 Å². The monoisotopic (exact) mass is 395 g/mol. The van der Waals surface area contributed by atoms with Gasteiger partial charge in [0, 0.05) is 18.1 Å². The third-order valence-corrected chi connectivity index (χ3v) is 6.28. The maximum absolute atomic E-state index is 12.9. The van der Waals surface area contributed by atoms with Crippen molar-refractivity contribution in [2.75, 3.05) is 20.2 Å². The molecule has 2 aromatic rings. The highest BCUT2D eigenvalue weighted by molar-refractivity contribution is 7.89. The van der Waals surface area contributed by atoms with Crippen LogP contribution in [0.3, 0.4) is 0 Å². The van der Waals surface area contributed by atoms with Crippen LogP contribution in [0.2, 0.25) is 5.02 Å². The van der Waals surface area contributed by atoms with Crippen LogP contribution in [0.4, 0.5) is 0 Å². The van der Waals surface area contributed by atoms with Gasteiger partial charge in [-0.1, -0.05) is 11.6 Å². The molecule has 1 saturated heterocycles. The lowest BCUT2D eigenvalue weighted by molar-refractivity contribution is 0.0734. The van der Waals surface area contributed by atoms with Gasteiger partial charge in [0.1, 0.15) is 16.4 Å². The van der Waals surface area contributed by atoms with Crippen LogP contribution in [-0.2, 0) is 10.0 Å². The summed E-state index contributed by atoms with van der Waals surface area (Å²) in [5, 5.41) is 0.522. The molecule has 0 aromatic heterocycles. The Kier molecular flexibility index (Phi) is 5.50. The second-order valence-corrected chi connectivity index (χ2v) is 8.16. The largest absolute Gasteiger partial charge is 0.495 e. The molecule has 8 heteroatoms. The SMILES string of the molecule is COc1ccc(C(=O)Oc2ccc(Cl)cc2)cc1S(=O)(=O)N1CCCC1. The lowest BCUT2D eigenvalue weighted by Gasteiger charge is -2.18. The fourth-order valence-corrected chi connectivity index (χ4v) is 4.57. The fourth-order valence-electron chi connectivity index (χ4n) is 2.74. The first-order valence-electron chi connectivity index (χ1n) is 8.08. The van der Waals surface area contributed by atoms with Crippen LogP contribution in [0.5, 0.6) is 11.5 Å². The first-order valence-corrected chi connectivity index (χ1v) is 9.89. The normalized spacial score (nSPS) is 15.0. The molecular formula is C18H18ClNO5S. The summed E-state index contributed by atoms with van der Waals surface area (Å²) in [7, 11) is -2.34. The number of methoxy groups -OCH3 is 1. The molecule has 0 radical (unpaired) electrons. The summed E-state index contributed by atoms with van der Waals surface area (Å²) < 4.78 is 37.6. The van der Waals surface area contributed by atoms with Crippen LogP contribution < -0.4 is 9.47 Å². The Morgan fingerprint density at radius 3 is 2.35 bits per heavy atom. The minimum atomic E-state index is -3.73. The van der Waals surface area contributed by atoms with E-state index >= 15 is 0 Å². The second-order valence-electron chi connectivity index (χ2n) is 5.82. The van der Waals surface area contributed by atoms with Gasteiger partial charge in [0.15, 0.2) is 0 Å². The average molecular weight is 396 g/mol.